The van der Waals surface area contributed by atoms with Gasteiger partial charge in [-0.2, -0.15) is 0 Å². The van der Waals surface area contributed by atoms with Crippen molar-refractivity contribution in [1.29, 1.82) is 0 Å². The third kappa shape index (κ3) is 3.43. The highest BCUT2D eigenvalue weighted by atomic mass is 79.9. The fourth-order valence-corrected chi connectivity index (χ4v) is 2.71. The first-order valence-electron chi connectivity index (χ1n) is 5.51. The number of rotatable bonds is 3. The van der Waals surface area contributed by atoms with Crippen LogP contribution in [-0.4, -0.2) is 9.97 Å². The van der Waals surface area contributed by atoms with E-state index in [1.54, 1.807) is 11.8 Å². The predicted molar refractivity (Wildman–Crippen MR) is 82.6 cm³/mol. The van der Waals surface area contributed by atoms with Crippen LogP contribution in [0.15, 0.2) is 33.6 Å². The second-order valence-corrected chi connectivity index (χ2v) is 6.26. The average molecular weight is 341 g/mol. The molecule has 0 atom stereocenters. The fraction of sp³-hybridized carbons (Fsp3) is 0.231. The van der Waals surface area contributed by atoms with E-state index in [4.69, 9.17) is 12.2 Å². The molecule has 2 nitrogen and oxygen atoms in total. The lowest BCUT2D eigenvalue weighted by atomic mass is 10.2. The Bertz CT molecular complexity index is 605. The van der Waals surface area contributed by atoms with Crippen molar-refractivity contribution in [3.63, 3.8) is 0 Å². The molecule has 94 valence electrons. The molecule has 5 heteroatoms. The van der Waals surface area contributed by atoms with Crippen molar-refractivity contribution in [2.24, 2.45) is 0 Å². The van der Waals surface area contributed by atoms with Crippen LogP contribution in [0.1, 0.15) is 17.1 Å². The Morgan fingerprint density at radius 3 is 2.56 bits per heavy atom. The van der Waals surface area contributed by atoms with Crippen LogP contribution >= 0.6 is 39.9 Å². The first-order valence-corrected chi connectivity index (χ1v) is 7.69. The summed E-state index contributed by atoms with van der Waals surface area (Å²) in [6.45, 7) is 4.08. The Morgan fingerprint density at radius 1 is 1.28 bits per heavy atom. The van der Waals surface area contributed by atoms with Crippen LogP contribution in [0.2, 0.25) is 0 Å². The molecular formula is C13H13BrN2S2. The van der Waals surface area contributed by atoms with Gasteiger partial charge < -0.3 is 4.98 Å². The summed E-state index contributed by atoms with van der Waals surface area (Å²) in [7, 11) is 0. The lowest BCUT2D eigenvalue weighted by Gasteiger charge is -2.05. The van der Waals surface area contributed by atoms with Crippen LogP contribution in [0.3, 0.4) is 0 Å². The quantitative estimate of drug-likeness (QED) is 0.641. The third-order valence-corrected chi connectivity index (χ3v) is 5.03. The molecule has 2 rings (SSSR count). The molecular weight excluding hydrogens is 328 g/mol. The Hall–Kier alpha value is -0.650. The summed E-state index contributed by atoms with van der Waals surface area (Å²) < 4.78 is 1.49. The minimum absolute atomic E-state index is 0.616. The Labute approximate surface area is 124 Å². The summed E-state index contributed by atoms with van der Waals surface area (Å²) in [5.74, 6) is 1.70. The van der Waals surface area contributed by atoms with E-state index in [1.807, 2.05) is 6.92 Å². The summed E-state index contributed by atoms with van der Waals surface area (Å²) in [5.41, 5.74) is 2.30. The molecule has 0 fully saturated rings. The number of aromatic nitrogens is 2. The van der Waals surface area contributed by atoms with Gasteiger partial charge in [-0.3, -0.25) is 0 Å². The summed E-state index contributed by atoms with van der Waals surface area (Å²) in [4.78, 5) is 8.85. The summed E-state index contributed by atoms with van der Waals surface area (Å²) in [6.07, 6.45) is 0. The molecule has 0 aliphatic heterocycles. The van der Waals surface area contributed by atoms with E-state index in [1.165, 1.54) is 10.5 Å². The summed E-state index contributed by atoms with van der Waals surface area (Å²) >= 11 is 10.4. The smallest absolute Gasteiger partial charge is 0.144 e. The van der Waals surface area contributed by atoms with Crippen molar-refractivity contribution in [2.45, 2.75) is 24.5 Å². The second kappa shape index (κ2) is 5.99. The van der Waals surface area contributed by atoms with E-state index in [0.29, 0.717) is 4.64 Å². The van der Waals surface area contributed by atoms with Crippen LogP contribution in [0, 0.1) is 18.5 Å². The molecule has 1 heterocycles. The van der Waals surface area contributed by atoms with Crippen molar-refractivity contribution in [3.8, 4) is 0 Å². The summed E-state index contributed by atoms with van der Waals surface area (Å²) in [5, 5.41) is 0. The SMILES string of the molecule is Cc1ccc(SCc2nc(=S)c(Br)c(C)[nH]2)cc1. The highest BCUT2D eigenvalue weighted by molar-refractivity contribution is 9.10. The molecule has 0 aliphatic carbocycles. The maximum absolute atomic E-state index is 5.19. The van der Waals surface area contributed by atoms with Gasteiger partial charge in [-0.1, -0.05) is 29.9 Å². The van der Waals surface area contributed by atoms with Crippen LogP contribution < -0.4 is 0 Å². The number of hydrogen-bond donors (Lipinski definition) is 1. The normalized spacial score (nSPS) is 10.6. The molecule has 0 saturated heterocycles. The third-order valence-electron chi connectivity index (χ3n) is 2.48. The molecule has 2 aromatic rings. The van der Waals surface area contributed by atoms with Gasteiger partial charge >= 0.3 is 0 Å². The number of thioether (sulfide) groups is 1. The highest BCUT2D eigenvalue weighted by Crippen LogP contribution is 2.23. The van der Waals surface area contributed by atoms with Gasteiger partial charge in [0.1, 0.15) is 10.5 Å². The van der Waals surface area contributed by atoms with E-state index < -0.39 is 0 Å². The number of aryl methyl sites for hydroxylation is 2. The van der Waals surface area contributed by atoms with Gasteiger partial charge in [0.25, 0.3) is 0 Å². The Morgan fingerprint density at radius 2 is 1.94 bits per heavy atom. The fourth-order valence-electron chi connectivity index (χ4n) is 1.49. The van der Waals surface area contributed by atoms with Gasteiger partial charge in [0, 0.05) is 10.6 Å². The van der Waals surface area contributed by atoms with Crippen LogP contribution in [-0.2, 0) is 5.75 Å². The standard InChI is InChI=1S/C13H13BrN2S2/c1-8-3-5-10(6-4-8)18-7-11-15-9(2)12(14)13(17)16-11/h3-6H,7H2,1-2H3,(H,15,16,17). The molecule has 0 bridgehead atoms. The number of H-pyrrole nitrogens is 1. The predicted octanol–water partition coefficient (Wildman–Crippen LogP) is 4.81. The lowest BCUT2D eigenvalue weighted by molar-refractivity contribution is 0.973. The first kappa shape index (κ1) is 13.8. The average Bonchev–Trinajstić information content (AvgIpc) is 2.35. The maximum Gasteiger partial charge on any atom is 0.144 e. The number of nitrogens with one attached hydrogen (secondary N) is 1. The number of nitrogens with zero attached hydrogens (tertiary/aromatic N) is 1. The molecule has 0 radical (unpaired) electrons. The van der Waals surface area contributed by atoms with Gasteiger partial charge in [-0.15, -0.1) is 11.8 Å². The lowest BCUT2D eigenvalue weighted by Crippen LogP contribution is -1.97. The highest BCUT2D eigenvalue weighted by Gasteiger charge is 2.03. The number of hydrogen-bond acceptors (Lipinski definition) is 3. The molecule has 0 spiro atoms. The van der Waals surface area contributed by atoms with Crippen LogP contribution in [0.5, 0.6) is 0 Å². The van der Waals surface area contributed by atoms with Gasteiger partial charge in [0.05, 0.1) is 10.2 Å². The molecule has 0 aliphatic rings. The zero-order valence-corrected chi connectivity index (χ0v) is 13.4. The van der Waals surface area contributed by atoms with Gasteiger partial charge in [0.2, 0.25) is 0 Å². The Kier molecular flexibility index (Phi) is 4.59. The van der Waals surface area contributed by atoms with E-state index in [0.717, 1.165) is 21.7 Å². The van der Waals surface area contributed by atoms with Crippen LogP contribution in [0.4, 0.5) is 0 Å². The van der Waals surface area contributed by atoms with Gasteiger partial charge in [-0.05, 0) is 41.9 Å². The van der Waals surface area contributed by atoms with E-state index in [2.05, 4.69) is 57.1 Å². The number of halogens is 1. The number of benzene rings is 1. The molecule has 1 N–H and O–H groups in total. The first-order chi connectivity index (χ1) is 8.56. The Balaban J connectivity index is 2.11. The molecule has 18 heavy (non-hydrogen) atoms. The number of aromatic amines is 1. The van der Waals surface area contributed by atoms with Crippen LogP contribution in [0.25, 0.3) is 0 Å². The van der Waals surface area contributed by atoms with Crippen molar-refractivity contribution in [1.82, 2.24) is 9.97 Å². The van der Waals surface area contributed by atoms with Gasteiger partial charge in [-0.25, -0.2) is 4.98 Å². The topological polar surface area (TPSA) is 28.7 Å². The molecule has 0 unspecified atom stereocenters. The molecule has 1 aromatic heterocycles. The van der Waals surface area contributed by atoms with E-state index in [9.17, 15) is 0 Å². The maximum atomic E-state index is 5.19. The zero-order chi connectivity index (χ0) is 13.1. The van der Waals surface area contributed by atoms with E-state index >= 15 is 0 Å². The van der Waals surface area contributed by atoms with Crippen molar-refractivity contribution < 1.29 is 0 Å². The van der Waals surface area contributed by atoms with Crippen molar-refractivity contribution >= 4 is 39.9 Å². The van der Waals surface area contributed by atoms with Crippen molar-refractivity contribution in [2.75, 3.05) is 0 Å². The minimum atomic E-state index is 0.616. The minimum Gasteiger partial charge on any atom is -0.346 e. The van der Waals surface area contributed by atoms with E-state index in [-0.39, 0.29) is 0 Å². The molecule has 0 amide bonds. The largest absolute Gasteiger partial charge is 0.346 e. The molecule has 0 saturated carbocycles. The zero-order valence-electron chi connectivity index (χ0n) is 10.2. The summed E-state index contributed by atoms with van der Waals surface area (Å²) in [6, 6.07) is 8.48. The second-order valence-electron chi connectivity index (χ2n) is 4.03. The molecule has 1 aromatic carbocycles. The van der Waals surface area contributed by atoms with Crippen molar-refractivity contribution in [3.05, 3.63) is 50.5 Å². The van der Waals surface area contributed by atoms with Gasteiger partial charge in [0.15, 0.2) is 0 Å². The monoisotopic (exact) mass is 340 g/mol.